The molecular formula is C10H17FO3. The van der Waals surface area contributed by atoms with Crippen LogP contribution in [0.2, 0.25) is 0 Å². The summed E-state index contributed by atoms with van der Waals surface area (Å²) in [7, 11) is 0. The number of carboxylic acid groups (broad SMARTS) is 1. The molecular weight excluding hydrogens is 187 g/mol. The minimum Gasteiger partial charge on any atom is -0.479 e. The molecule has 3 atom stereocenters. The van der Waals surface area contributed by atoms with Crippen LogP contribution in [-0.2, 0) is 4.79 Å². The van der Waals surface area contributed by atoms with E-state index in [1.54, 1.807) is 0 Å². The van der Waals surface area contributed by atoms with E-state index in [2.05, 4.69) is 0 Å². The summed E-state index contributed by atoms with van der Waals surface area (Å²) in [5, 5.41) is 18.4. The second-order valence-corrected chi connectivity index (χ2v) is 4.17. The van der Waals surface area contributed by atoms with Crippen LogP contribution in [0.15, 0.2) is 0 Å². The average Bonchev–Trinajstić information content (AvgIpc) is 2.16. The Morgan fingerprint density at radius 3 is 2.86 bits per heavy atom. The molecule has 0 amide bonds. The van der Waals surface area contributed by atoms with Crippen LogP contribution in [0.4, 0.5) is 4.39 Å². The van der Waals surface area contributed by atoms with E-state index in [9.17, 15) is 14.3 Å². The van der Waals surface area contributed by atoms with E-state index in [0.29, 0.717) is 6.42 Å². The Hall–Kier alpha value is -0.640. The summed E-state index contributed by atoms with van der Waals surface area (Å²) in [5.74, 6) is -1.30. The molecule has 4 heteroatoms. The quantitative estimate of drug-likeness (QED) is 0.736. The molecule has 0 aromatic carbocycles. The second kappa shape index (κ2) is 4.26. The predicted octanol–water partition coefficient (Wildman–Crippen LogP) is 1.74. The van der Waals surface area contributed by atoms with Gasteiger partial charge in [0.15, 0.2) is 0 Å². The molecule has 0 heterocycles. The van der Waals surface area contributed by atoms with E-state index >= 15 is 0 Å². The van der Waals surface area contributed by atoms with Crippen molar-refractivity contribution in [2.24, 2.45) is 5.92 Å². The van der Waals surface area contributed by atoms with E-state index in [4.69, 9.17) is 5.11 Å². The van der Waals surface area contributed by atoms with Crippen molar-refractivity contribution in [2.45, 2.75) is 50.8 Å². The van der Waals surface area contributed by atoms with Crippen molar-refractivity contribution < 1.29 is 19.4 Å². The second-order valence-electron chi connectivity index (χ2n) is 4.17. The number of alkyl halides is 1. The van der Waals surface area contributed by atoms with Crippen molar-refractivity contribution in [3.63, 3.8) is 0 Å². The molecule has 0 aromatic heterocycles. The van der Waals surface area contributed by atoms with Gasteiger partial charge in [-0.1, -0.05) is 26.2 Å². The first-order valence-corrected chi connectivity index (χ1v) is 5.09. The fourth-order valence-corrected chi connectivity index (χ4v) is 2.21. The largest absolute Gasteiger partial charge is 0.479 e. The maximum absolute atomic E-state index is 13.3. The molecule has 2 N–H and O–H groups in total. The first kappa shape index (κ1) is 11.4. The molecule has 1 fully saturated rings. The van der Waals surface area contributed by atoms with E-state index in [0.717, 1.165) is 12.8 Å². The summed E-state index contributed by atoms with van der Waals surface area (Å²) < 4.78 is 13.3. The number of halogens is 1. The Bertz CT molecular complexity index is 219. The van der Waals surface area contributed by atoms with Gasteiger partial charge in [0.1, 0.15) is 5.60 Å². The van der Waals surface area contributed by atoms with Crippen molar-refractivity contribution >= 4 is 5.97 Å². The lowest BCUT2D eigenvalue weighted by atomic mass is 9.74. The van der Waals surface area contributed by atoms with Crippen LogP contribution >= 0.6 is 0 Å². The van der Waals surface area contributed by atoms with Gasteiger partial charge < -0.3 is 10.2 Å². The smallest absolute Gasteiger partial charge is 0.341 e. The first-order valence-electron chi connectivity index (χ1n) is 5.09. The normalized spacial score (nSPS) is 35.2. The van der Waals surface area contributed by atoms with Crippen LogP contribution in [0.5, 0.6) is 0 Å². The molecule has 0 aromatic rings. The zero-order chi connectivity index (χ0) is 10.8. The fourth-order valence-electron chi connectivity index (χ4n) is 2.21. The molecule has 1 aliphatic carbocycles. The monoisotopic (exact) mass is 204 g/mol. The van der Waals surface area contributed by atoms with Crippen LogP contribution in [-0.4, -0.2) is 28.0 Å². The third-order valence-corrected chi connectivity index (χ3v) is 3.13. The van der Waals surface area contributed by atoms with Crippen LogP contribution in [0, 0.1) is 5.92 Å². The van der Waals surface area contributed by atoms with E-state index in [-0.39, 0.29) is 18.8 Å². The summed E-state index contributed by atoms with van der Waals surface area (Å²) in [6.07, 6.45) is 0.938. The highest BCUT2D eigenvalue weighted by Gasteiger charge is 2.45. The van der Waals surface area contributed by atoms with Gasteiger partial charge in [0.05, 0.1) is 0 Å². The standard InChI is InChI=1S/C10H17FO3/c1-2-7-4-3-5-10(14,6-7)8(11)9(12)13/h7-8,14H,2-6H2,1H3,(H,12,13). The maximum Gasteiger partial charge on any atom is 0.341 e. The van der Waals surface area contributed by atoms with Gasteiger partial charge >= 0.3 is 5.97 Å². The van der Waals surface area contributed by atoms with Gasteiger partial charge in [-0.3, -0.25) is 0 Å². The van der Waals surface area contributed by atoms with Crippen molar-refractivity contribution in [3.05, 3.63) is 0 Å². The Morgan fingerprint density at radius 2 is 2.36 bits per heavy atom. The SMILES string of the molecule is CCC1CCCC(O)(C(F)C(=O)O)C1. The summed E-state index contributed by atoms with van der Waals surface area (Å²) in [5.41, 5.74) is -1.63. The van der Waals surface area contributed by atoms with Crippen molar-refractivity contribution in [2.75, 3.05) is 0 Å². The van der Waals surface area contributed by atoms with Gasteiger partial charge in [-0.2, -0.15) is 0 Å². The van der Waals surface area contributed by atoms with Crippen molar-refractivity contribution in [3.8, 4) is 0 Å². The van der Waals surface area contributed by atoms with E-state index < -0.39 is 17.7 Å². The lowest BCUT2D eigenvalue weighted by Crippen LogP contribution is -2.47. The molecule has 82 valence electrons. The molecule has 3 nitrogen and oxygen atoms in total. The number of aliphatic carboxylic acids is 1. The lowest BCUT2D eigenvalue weighted by molar-refractivity contribution is -0.159. The zero-order valence-electron chi connectivity index (χ0n) is 8.37. The summed E-state index contributed by atoms with van der Waals surface area (Å²) in [6.45, 7) is 1.98. The van der Waals surface area contributed by atoms with Gasteiger partial charge in [-0.25, -0.2) is 9.18 Å². The topological polar surface area (TPSA) is 57.5 Å². The molecule has 0 aliphatic heterocycles. The number of carboxylic acids is 1. The van der Waals surface area contributed by atoms with Gasteiger partial charge in [0.25, 0.3) is 0 Å². The minimum absolute atomic E-state index is 0.256. The summed E-state index contributed by atoms with van der Waals surface area (Å²) in [4.78, 5) is 10.5. The number of aliphatic hydroxyl groups is 1. The maximum atomic E-state index is 13.3. The molecule has 14 heavy (non-hydrogen) atoms. The first-order chi connectivity index (χ1) is 6.49. The van der Waals surface area contributed by atoms with Crippen LogP contribution in [0.3, 0.4) is 0 Å². The van der Waals surface area contributed by atoms with Crippen molar-refractivity contribution in [1.29, 1.82) is 0 Å². The molecule has 0 bridgehead atoms. The summed E-state index contributed by atoms with van der Waals surface area (Å²) >= 11 is 0. The molecule has 0 spiro atoms. The average molecular weight is 204 g/mol. The Balaban J connectivity index is 2.67. The molecule has 1 rings (SSSR count). The third kappa shape index (κ3) is 2.23. The summed E-state index contributed by atoms with van der Waals surface area (Å²) in [6, 6.07) is 0. The minimum atomic E-state index is -2.14. The van der Waals surface area contributed by atoms with Crippen LogP contribution in [0.25, 0.3) is 0 Å². The predicted molar refractivity (Wildman–Crippen MR) is 49.7 cm³/mol. The van der Waals surface area contributed by atoms with Gasteiger partial charge in [-0.05, 0) is 18.8 Å². The van der Waals surface area contributed by atoms with Gasteiger partial charge in [0.2, 0.25) is 6.17 Å². The highest BCUT2D eigenvalue weighted by Crippen LogP contribution is 2.37. The Labute approximate surface area is 82.9 Å². The number of carbonyl (C=O) groups is 1. The highest BCUT2D eigenvalue weighted by atomic mass is 19.1. The van der Waals surface area contributed by atoms with Crippen LogP contribution in [0.1, 0.15) is 39.0 Å². The lowest BCUT2D eigenvalue weighted by Gasteiger charge is -2.37. The number of rotatable bonds is 3. The van der Waals surface area contributed by atoms with Gasteiger partial charge in [0, 0.05) is 0 Å². The fraction of sp³-hybridized carbons (Fsp3) is 0.900. The molecule has 3 unspecified atom stereocenters. The zero-order valence-corrected chi connectivity index (χ0v) is 8.37. The Kier molecular flexibility index (Phi) is 3.48. The highest BCUT2D eigenvalue weighted by molar-refractivity contribution is 5.73. The van der Waals surface area contributed by atoms with Crippen LogP contribution < -0.4 is 0 Å². The third-order valence-electron chi connectivity index (χ3n) is 3.13. The number of hydrogen-bond donors (Lipinski definition) is 2. The molecule has 0 saturated heterocycles. The van der Waals surface area contributed by atoms with E-state index in [1.807, 2.05) is 6.92 Å². The number of hydrogen-bond acceptors (Lipinski definition) is 2. The Morgan fingerprint density at radius 1 is 1.71 bits per heavy atom. The molecule has 0 radical (unpaired) electrons. The van der Waals surface area contributed by atoms with E-state index in [1.165, 1.54) is 0 Å². The molecule has 1 aliphatic rings. The van der Waals surface area contributed by atoms with Crippen molar-refractivity contribution in [1.82, 2.24) is 0 Å². The van der Waals surface area contributed by atoms with Gasteiger partial charge in [-0.15, -0.1) is 0 Å². The molecule has 1 saturated carbocycles.